The molecule has 21 heavy (non-hydrogen) atoms. The number of hydrogen-bond donors (Lipinski definition) is 1. The molecule has 0 saturated carbocycles. The molecule has 110 valence electrons. The summed E-state index contributed by atoms with van der Waals surface area (Å²) < 4.78 is 0. The number of rotatable bonds is 6. The SMILES string of the molecule is CCc1cc(C(=O)O)cc(N(CC)Cc2ccccn2)n1. The summed E-state index contributed by atoms with van der Waals surface area (Å²) in [6.45, 7) is 5.32. The molecule has 0 amide bonds. The summed E-state index contributed by atoms with van der Waals surface area (Å²) in [6.07, 6.45) is 2.46. The van der Waals surface area contributed by atoms with Gasteiger partial charge in [-0.15, -0.1) is 0 Å². The molecule has 1 N–H and O–H groups in total. The Kier molecular flexibility index (Phi) is 4.87. The van der Waals surface area contributed by atoms with Crippen molar-refractivity contribution < 1.29 is 9.90 Å². The maximum atomic E-state index is 11.2. The van der Waals surface area contributed by atoms with Crippen molar-refractivity contribution in [1.29, 1.82) is 0 Å². The van der Waals surface area contributed by atoms with Gasteiger partial charge in [0.05, 0.1) is 17.8 Å². The van der Waals surface area contributed by atoms with Crippen LogP contribution in [0.1, 0.15) is 35.6 Å². The lowest BCUT2D eigenvalue weighted by Gasteiger charge is -2.22. The van der Waals surface area contributed by atoms with Gasteiger partial charge in [0.15, 0.2) is 0 Å². The second kappa shape index (κ2) is 6.83. The maximum Gasteiger partial charge on any atom is 0.335 e. The van der Waals surface area contributed by atoms with E-state index in [0.29, 0.717) is 18.8 Å². The Morgan fingerprint density at radius 1 is 1.24 bits per heavy atom. The van der Waals surface area contributed by atoms with Crippen LogP contribution >= 0.6 is 0 Å². The zero-order chi connectivity index (χ0) is 15.2. The van der Waals surface area contributed by atoms with Gasteiger partial charge in [-0.1, -0.05) is 13.0 Å². The smallest absolute Gasteiger partial charge is 0.335 e. The van der Waals surface area contributed by atoms with E-state index in [0.717, 1.165) is 17.9 Å². The molecule has 2 heterocycles. The number of nitrogens with zero attached hydrogens (tertiary/aromatic N) is 3. The minimum atomic E-state index is -0.928. The molecule has 0 fully saturated rings. The first-order valence-electron chi connectivity index (χ1n) is 7.03. The average molecular weight is 285 g/mol. The van der Waals surface area contributed by atoms with Crippen molar-refractivity contribution in [3.63, 3.8) is 0 Å². The van der Waals surface area contributed by atoms with E-state index in [1.807, 2.05) is 36.9 Å². The number of aromatic nitrogens is 2. The van der Waals surface area contributed by atoms with Crippen molar-refractivity contribution in [3.8, 4) is 0 Å². The highest BCUT2D eigenvalue weighted by Gasteiger charge is 2.13. The Morgan fingerprint density at radius 2 is 2.05 bits per heavy atom. The van der Waals surface area contributed by atoms with Crippen LogP contribution in [0.5, 0.6) is 0 Å². The molecule has 0 atom stereocenters. The van der Waals surface area contributed by atoms with Crippen LogP contribution in [0, 0.1) is 0 Å². The van der Waals surface area contributed by atoms with Gasteiger partial charge in [0, 0.05) is 18.4 Å². The zero-order valence-corrected chi connectivity index (χ0v) is 12.3. The number of aromatic carboxylic acids is 1. The van der Waals surface area contributed by atoms with Gasteiger partial charge in [0.25, 0.3) is 0 Å². The minimum Gasteiger partial charge on any atom is -0.478 e. The predicted molar refractivity (Wildman–Crippen MR) is 81.5 cm³/mol. The molecular formula is C16H19N3O2. The molecule has 0 aliphatic carbocycles. The van der Waals surface area contributed by atoms with Crippen molar-refractivity contribution >= 4 is 11.8 Å². The van der Waals surface area contributed by atoms with E-state index in [1.165, 1.54) is 0 Å². The van der Waals surface area contributed by atoms with Crippen LogP contribution in [-0.2, 0) is 13.0 Å². The van der Waals surface area contributed by atoms with E-state index in [2.05, 4.69) is 9.97 Å². The van der Waals surface area contributed by atoms with Crippen LogP contribution in [0.3, 0.4) is 0 Å². The molecular weight excluding hydrogens is 266 g/mol. The summed E-state index contributed by atoms with van der Waals surface area (Å²) in [4.78, 5) is 22.1. The molecule has 0 aromatic carbocycles. The monoisotopic (exact) mass is 285 g/mol. The van der Waals surface area contributed by atoms with Crippen molar-refractivity contribution in [2.45, 2.75) is 26.8 Å². The van der Waals surface area contributed by atoms with Crippen LogP contribution in [0.4, 0.5) is 5.82 Å². The lowest BCUT2D eigenvalue weighted by Crippen LogP contribution is -2.24. The molecule has 0 bridgehead atoms. The highest BCUT2D eigenvalue weighted by Crippen LogP contribution is 2.17. The fourth-order valence-electron chi connectivity index (χ4n) is 2.08. The summed E-state index contributed by atoms with van der Waals surface area (Å²) in [5, 5.41) is 9.21. The lowest BCUT2D eigenvalue weighted by atomic mass is 10.2. The van der Waals surface area contributed by atoms with Crippen LogP contribution in [0.2, 0.25) is 0 Å². The second-order valence-corrected chi connectivity index (χ2v) is 4.70. The van der Waals surface area contributed by atoms with Crippen LogP contribution in [-0.4, -0.2) is 27.6 Å². The van der Waals surface area contributed by atoms with Gasteiger partial charge in [0.1, 0.15) is 5.82 Å². The molecule has 5 nitrogen and oxygen atoms in total. The predicted octanol–water partition coefficient (Wildman–Crippen LogP) is 2.76. The number of aryl methyl sites for hydroxylation is 1. The Bertz CT molecular complexity index is 614. The van der Waals surface area contributed by atoms with E-state index in [-0.39, 0.29) is 5.56 Å². The van der Waals surface area contributed by atoms with Crippen LogP contribution in [0.25, 0.3) is 0 Å². The number of carboxylic acid groups (broad SMARTS) is 1. The quantitative estimate of drug-likeness (QED) is 0.884. The van der Waals surface area contributed by atoms with Crippen molar-refractivity contribution in [2.75, 3.05) is 11.4 Å². The van der Waals surface area contributed by atoms with Gasteiger partial charge in [-0.05, 0) is 37.6 Å². The first-order chi connectivity index (χ1) is 10.1. The van der Waals surface area contributed by atoms with E-state index in [1.54, 1.807) is 18.3 Å². The number of carboxylic acids is 1. The van der Waals surface area contributed by atoms with Gasteiger partial charge < -0.3 is 10.0 Å². The average Bonchev–Trinajstić information content (AvgIpc) is 2.53. The van der Waals surface area contributed by atoms with Gasteiger partial charge in [-0.2, -0.15) is 0 Å². The third-order valence-corrected chi connectivity index (χ3v) is 3.26. The van der Waals surface area contributed by atoms with Crippen molar-refractivity contribution in [3.05, 3.63) is 53.5 Å². The fourth-order valence-corrected chi connectivity index (χ4v) is 2.08. The maximum absolute atomic E-state index is 11.2. The molecule has 0 aliphatic rings. The summed E-state index contributed by atoms with van der Waals surface area (Å²) >= 11 is 0. The second-order valence-electron chi connectivity index (χ2n) is 4.70. The largest absolute Gasteiger partial charge is 0.478 e. The molecule has 0 aliphatic heterocycles. The summed E-state index contributed by atoms with van der Waals surface area (Å²) in [6, 6.07) is 9.01. The molecule has 5 heteroatoms. The van der Waals surface area contributed by atoms with E-state index >= 15 is 0 Å². The van der Waals surface area contributed by atoms with Crippen LogP contribution < -0.4 is 4.90 Å². The molecule has 2 rings (SSSR count). The van der Waals surface area contributed by atoms with Gasteiger partial charge in [0.2, 0.25) is 0 Å². The summed E-state index contributed by atoms with van der Waals surface area (Å²) in [5.41, 5.74) is 1.99. The summed E-state index contributed by atoms with van der Waals surface area (Å²) in [7, 11) is 0. The van der Waals surface area contributed by atoms with Gasteiger partial charge in [-0.3, -0.25) is 4.98 Å². The standard InChI is InChI=1S/C16H19N3O2/c1-3-13-9-12(16(20)21)10-15(18-13)19(4-2)11-14-7-5-6-8-17-14/h5-10H,3-4,11H2,1-2H3,(H,20,21). The third kappa shape index (κ3) is 3.78. The number of pyridine rings is 2. The molecule has 0 saturated heterocycles. The van der Waals surface area contributed by atoms with E-state index in [4.69, 9.17) is 0 Å². The Morgan fingerprint density at radius 3 is 2.62 bits per heavy atom. The highest BCUT2D eigenvalue weighted by molar-refractivity contribution is 5.88. The van der Waals surface area contributed by atoms with Gasteiger partial charge >= 0.3 is 5.97 Å². The molecule has 2 aromatic heterocycles. The van der Waals surface area contributed by atoms with E-state index < -0.39 is 5.97 Å². The minimum absolute atomic E-state index is 0.274. The third-order valence-electron chi connectivity index (χ3n) is 3.26. The number of anilines is 1. The topological polar surface area (TPSA) is 66.3 Å². The zero-order valence-electron chi connectivity index (χ0n) is 12.3. The number of hydrogen-bond acceptors (Lipinski definition) is 4. The Labute approximate surface area is 124 Å². The molecule has 2 aromatic rings. The first kappa shape index (κ1) is 15.0. The van der Waals surface area contributed by atoms with Crippen molar-refractivity contribution in [1.82, 2.24) is 9.97 Å². The Hall–Kier alpha value is -2.43. The fraction of sp³-hybridized carbons (Fsp3) is 0.312. The molecule has 0 spiro atoms. The number of carbonyl (C=O) groups is 1. The first-order valence-corrected chi connectivity index (χ1v) is 7.03. The molecule has 0 radical (unpaired) electrons. The molecule has 0 unspecified atom stereocenters. The normalized spacial score (nSPS) is 10.4. The highest BCUT2D eigenvalue weighted by atomic mass is 16.4. The van der Waals surface area contributed by atoms with E-state index in [9.17, 15) is 9.90 Å². The Balaban J connectivity index is 2.32. The summed E-state index contributed by atoms with van der Waals surface area (Å²) in [5.74, 6) is -0.248. The van der Waals surface area contributed by atoms with Gasteiger partial charge in [-0.25, -0.2) is 9.78 Å². The van der Waals surface area contributed by atoms with Crippen molar-refractivity contribution in [2.24, 2.45) is 0 Å². The lowest BCUT2D eigenvalue weighted by molar-refractivity contribution is 0.0696. The van der Waals surface area contributed by atoms with Crippen LogP contribution in [0.15, 0.2) is 36.5 Å².